The summed E-state index contributed by atoms with van der Waals surface area (Å²) in [7, 11) is 0. The lowest BCUT2D eigenvalue weighted by Crippen LogP contribution is -2.40. The molecule has 4 saturated carbocycles. The molecule has 0 spiro atoms. The molecule has 7 rings (SSSR count). The minimum Gasteiger partial charge on any atom is -0.493 e. The monoisotopic (exact) mass is 987 g/mol. The van der Waals surface area contributed by atoms with Crippen LogP contribution in [-0.2, 0) is 39.7 Å². The molecule has 390 valence electrons. The Labute approximate surface area is 430 Å². The summed E-state index contributed by atoms with van der Waals surface area (Å²) in [5.41, 5.74) is 1.28. The van der Waals surface area contributed by atoms with Crippen molar-refractivity contribution in [1.29, 1.82) is 0 Å². The van der Waals surface area contributed by atoms with Crippen molar-refractivity contribution in [1.82, 2.24) is 0 Å². The van der Waals surface area contributed by atoms with E-state index in [0.29, 0.717) is 60.5 Å². The Morgan fingerprint density at radius 1 is 0.472 bits per heavy atom. The van der Waals surface area contributed by atoms with Crippen molar-refractivity contribution in [2.45, 2.75) is 166 Å². The van der Waals surface area contributed by atoms with Crippen LogP contribution in [0.25, 0.3) is 0 Å². The van der Waals surface area contributed by atoms with Gasteiger partial charge in [0.05, 0.1) is 37.6 Å². The fraction of sp³-hybridized carbons (Fsp3) is 0.581. The zero-order valence-electron chi connectivity index (χ0n) is 43.4. The highest BCUT2D eigenvalue weighted by atomic mass is 16.6. The first-order chi connectivity index (χ1) is 35.1. The Morgan fingerprint density at radius 2 is 0.806 bits per heavy atom. The summed E-state index contributed by atoms with van der Waals surface area (Å²) in [6.45, 7) is 12.6. The second-order valence-electron chi connectivity index (χ2n) is 21.4. The molecular weight excluding hydrogens is 905 g/mol. The number of hydrogen-bond acceptors (Lipinski definition) is 10. The first-order valence-corrected chi connectivity index (χ1v) is 27.7. The van der Waals surface area contributed by atoms with Gasteiger partial charge in [0.15, 0.2) is 0 Å². The average Bonchev–Trinajstić information content (AvgIpc) is 3.42. The molecule has 0 unspecified atom stereocenters. The van der Waals surface area contributed by atoms with Gasteiger partial charge in [-0.05, 0) is 172 Å². The van der Waals surface area contributed by atoms with Gasteiger partial charge in [-0.1, -0.05) is 103 Å². The minimum atomic E-state index is -0.804. The number of benzene rings is 3. The number of carbonyl (C=O) groups excluding carboxylic acids is 4. The summed E-state index contributed by atoms with van der Waals surface area (Å²) in [5, 5.41) is 0. The van der Waals surface area contributed by atoms with Crippen molar-refractivity contribution in [2.24, 2.45) is 35.5 Å². The molecule has 0 bridgehead atoms. The third-order valence-corrected chi connectivity index (χ3v) is 16.8. The summed E-state index contributed by atoms with van der Waals surface area (Å²) in [6.07, 6.45) is 26.0. The Morgan fingerprint density at radius 3 is 1.12 bits per heavy atom. The standard InChI is InChI=1S/C62H82O10/c1-5-11-45-13-17-47(18-14-45)49-33-37-61(38-34-49,71-59(65)51-21-29-55(30-22-51)67-41-9-43-69-57(63)7-3)53-25-27-54(28-26-53)62(39-35-50(36-40-62)48-19-15-46(12-6-2)16-20-48)72-60(66)52-23-31-56(32-24-52)68-42-10-44-70-58(64)8-4/h7-8,21-32,45-50H,3-6,9-20,33-44H2,1-2H3. The maximum Gasteiger partial charge on any atom is 0.339 e. The van der Waals surface area contributed by atoms with Crippen LogP contribution in [0.2, 0.25) is 0 Å². The number of carbonyl (C=O) groups is 4. The fourth-order valence-electron chi connectivity index (χ4n) is 12.7. The van der Waals surface area contributed by atoms with Gasteiger partial charge >= 0.3 is 23.9 Å². The lowest BCUT2D eigenvalue weighted by atomic mass is 9.65. The Kier molecular flexibility index (Phi) is 20.4. The largest absolute Gasteiger partial charge is 0.493 e. The quantitative estimate of drug-likeness (QED) is 0.0371. The predicted octanol–water partition coefficient (Wildman–Crippen LogP) is 14.4. The van der Waals surface area contributed by atoms with Gasteiger partial charge in [0.2, 0.25) is 0 Å². The molecule has 4 aliphatic carbocycles. The summed E-state index contributed by atoms with van der Waals surface area (Å²) in [6, 6.07) is 22.7. The highest BCUT2D eigenvalue weighted by Gasteiger charge is 2.46. The van der Waals surface area contributed by atoms with Crippen molar-refractivity contribution < 1.29 is 47.6 Å². The third kappa shape index (κ3) is 14.9. The van der Waals surface area contributed by atoms with Crippen LogP contribution in [0.5, 0.6) is 11.5 Å². The van der Waals surface area contributed by atoms with Crippen molar-refractivity contribution in [3.8, 4) is 11.5 Å². The average molecular weight is 987 g/mol. The molecule has 3 aromatic carbocycles. The zero-order valence-corrected chi connectivity index (χ0v) is 43.4. The van der Waals surface area contributed by atoms with Gasteiger partial charge in [-0.2, -0.15) is 0 Å². The van der Waals surface area contributed by atoms with E-state index in [1.165, 1.54) is 77.0 Å². The number of rotatable bonds is 24. The van der Waals surface area contributed by atoms with Crippen molar-refractivity contribution in [3.63, 3.8) is 0 Å². The zero-order chi connectivity index (χ0) is 50.8. The van der Waals surface area contributed by atoms with E-state index < -0.39 is 23.1 Å². The van der Waals surface area contributed by atoms with E-state index in [9.17, 15) is 19.2 Å². The Bertz CT molecular complexity index is 2020. The van der Waals surface area contributed by atoms with Crippen molar-refractivity contribution in [3.05, 3.63) is 120 Å². The van der Waals surface area contributed by atoms with Gasteiger partial charge in [-0.25, -0.2) is 19.2 Å². The highest BCUT2D eigenvalue weighted by molar-refractivity contribution is 5.90. The molecule has 0 heterocycles. The van der Waals surface area contributed by atoms with E-state index in [1.54, 1.807) is 48.5 Å². The fourth-order valence-corrected chi connectivity index (χ4v) is 12.7. The summed E-state index contributed by atoms with van der Waals surface area (Å²) in [5.74, 6) is 3.97. The molecule has 0 saturated heterocycles. The van der Waals surface area contributed by atoms with Crippen LogP contribution in [0.4, 0.5) is 0 Å². The van der Waals surface area contributed by atoms with E-state index >= 15 is 0 Å². The first-order valence-electron chi connectivity index (χ1n) is 27.7. The molecule has 4 aliphatic rings. The van der Waals surface area contributed by atoms with Gasteiger partial charge in [-0.15, -0.1) is 0 Å². The Hall–Kier alpha value is -5.38. The number of esters is 4. The number of hydrogen-bond donors (Lipinski definition) is 0. The molecule has 0 radical (unpaired) electrons. The van der Waals surface area contributed by atoms with Gasteiger partial charge in [-0.3, -0.25) is 0 Å². The van der Waals surface area contributed by atoms with Gasteiger partial charge < -0.3 is 28.4 Å². The molecule has 0 aromatic heterocycles. The highest BCUT2D eigenvalue weighted by Crippen LogP contribution is 2.51. The summed E-state index contributed by atoms with van der Waals surface area (Å²) < 4.78 is 35.4. The van der Waals surface area contributed by atoms with E-state index in [1.807, 2.05) is 0 Å². The lowest BCUT2D eigenvalue weighted by molar-refractivity contribution is -0.138. The van der Waals surface area contributed by atoms with Gasteiger partial charge in [0, 0.05) is 25.0 Å². The van der Waals surface area contributed by atoms with Crippen LogP contribution in [0, 0.1) is 35.5 Å². The maximum atomic E-state index is 14.2. The Balaban J connectivity index is 1.08. The van der Waals surface area contributed by atoms with Gasteiger partial charge in [0.1, 0.15) is 22.7 Å². The van der Waals surface area contributed by atoms with E-state index in [-0.39, 0.29) is 25.2 Å². The maximum absolute atomic E-state index is 14.2. The molecule has 10 nitrogen and oxygen atoms in total. The molecule has 0 amide bonds. The van der Waals surface area contributed by atoms with Crippen LogP contribution in [0.3, 0.4) is 0 Å². The molecule has 4 fully saturated rings. The smallest absolute Gasteiger partial charge is 0.339 e. The van der Waals surface area contributed by atoms with E-state index in [2.05, 4.69) is 51.3 Å². The molecule has 72 heavy (non-hydrogen) atoms. The second-order valence-corrected chi connectivity index (χ2v) is 21.4. The number of ether oxygens (including phenoxy) is 6. The molecule has 3 aromatic rings. The lowest BCUT2D eigenvalue weighted by Gasteiger charge is -2.44. The normalized spacial score (nSPS) is 26.3. The van der Waals surface area contributed by atoms with Crippen molar-refractivity contribution in [2.75, 3.05) is 26.4 Å². The van der Waals surface area contributed by atoms with Crippen LogP contribution < -0.4 is 9.47 Å². The van der Waals surface area contributed by atoms with Crippen LogP contribution >= 0.6 is 0 Å². The first kappa shape index (κ1) is 54.4. The summed E-state index contributed by atoms with van der Waals surface area (Å²) >= 11 is 0. The van der Waals surface area contributed by atoms with Crippen molar-refractivity contribution >= 4 is 23.9 Å². The van der Waals surface area contributed by atoms with E-state index in [4.69, 9.17) is 28.4 Å². The molecule has 10 heteroatoms. The van der Waals surface area contributed by atoms with Gasteiger partial charge in [0.25, 0.3) is 0 Å². The van der Waals surface area contributed by atoms with Crippen LogP contribution in [-0.4, -0.2) is 50.3 Å². The molecule has 0 aliphatic heterocycles. The minimum absolute atomic E-state index is 0.235. The molecular formula is C62H82O10. The SMILES string of the molecule is C=CC(=O)OCCCOc1ccc(C(=O)OC2(c3ccc(C4(OC(=O)c5ccc(OCCCOC(=O)C=C)cc5)CCC(C5CCC(CCC)CC5)CC4)cc3)CCC(C3CCC(CCC)CC3)CC2)cc1. The third-order valence-electron chi connectivity index (χ3n) is 16.8. The molecule has 0 N–H and O–H groups in total. The second kappa shape index (κ2) is 27.1. The van der Waals surface area contributed by atoms with Crippen LogP contribution in [0.1, 0.15) is 187 Å². The topological polar surface area (TPSA) is 124 Å². The summed E-state index contributed by atoms with van der Waals surface area (Å²) in [4.78, 5) is 51.2. The molecule has 0 atom stereocenters. The van der Waals surface area contributed by atoms with E-state index in [0.717, 1.165) is 98.3 Å². The predicted molar refractivity (Wildman–Crippen MR) is 281 cm³/mol. The van der Waals surface area contributed by atoms with Crippen LogP contribution in [0.15, 0.2) is 98.1 Å².